The van der Waals surface area contributed by atoms with Gasteiger partial charge in [0.2, 0.25) is 0 Å². The Kier molecular flexibility index (Phi) is 4.03. The number of hydrogen-bond donors (Lipinski definition) is 1. The zero-order valence-electron chi connectivity index (χ0n) is 16.1. The third-order valence-electron chi connectivity index (χ3n) is 5.34. The maximum atomic E-state index is 12.5. The number of fused-ring (bicyclic) bond motifs is 4. The number of hydrogen-bond acceptors (Lipinski definition) is 5. The highest BCUT2D eigenvalue weighted by Crippen LogP contribution is 2.44. The number of rotatable bonds is 2. The fraction of sp³-hybridized carbons (Fsp3) is 0.0400. The molecule has 5 heteroatoms. The third-order valence-corrected chi connectivity index (χ3v) is 5.34. The standard InChI is InChI=1S/C25H17NO4/c1-29-25(28)17-7-3-2-6-16(17)23-18-12-10-15(27)13-21(18)30-24-19(23)11-9-14-5-4-8-20(26)22(14)24/h2-13H,26H2,1H3. The molecule has 1 aliphatic heterocycles. The SMILES string of the molecule is COC(=O)c1ccccc1-c1c2ccc(=O)cc-2oc2c1ccc1cccc(N)c12. The highest BCUT2D eigenvalue weighted by molar-refractivity contribution is 6.17. The van der Waals surface area contributed by atoms with Crippen LogP contribution >= 0.6 is 0 Å². The summed E-state index contributed by atoms with van der Waals surface area (Å²) in [6.07, 6.45) is 0. The van der Waals surface area contributed by atoms with Gasteiger partial charge in [0.05, 0.1) is 12.7 Å². The lowest BCUT2D eigenvalue weighted by atomic mass is 9.89. The summed E-state index contributed by atoms with van der Waals surface area (Å²) in [5.74, 6) is -0.00568. The molecule has 0 unspecified atom stereocenters. The van der Waals surface area contributed by atoms with Gasteiger partial charge in [0.15, 0.2) is 5.43 Å². The summed E-state index contributed by atoms with van der Waals surface area (Å²) in [5.41, 5.74) is 9.92. The first-order chi connectivity index (χ1) is 14.6. The zero-order valence-corrected chi connectivity index (χ0v) is 16.1. The number of carbonyl (C=O) groups is 1. The van der Waals surface area contributed by atoms with Gasteiger partial charge in [-0.15, -0.1) is 0 Å². The van der Waals surface area contributed by atoms with Crippen molar-refractivity contribution in [1.82, 2.24) is 0 Å². The van der Waals surface area contributed by atoms with Gasteiger partial charge in [-0.05, 0) is 41.3 Å². The van der Waals surface area contributed by atoms with Crippen LogP contribution in [0.1, 0.15) is 10.4 Å². The fourth-order valence-electron chi connectivity index (χ4n) is 4.00. The average Bonchev–Trinajstić information content (AvgIpc) is 2.76. The van der Waals surface area contributed by atoms with Crippen LogP contribution in [0.2, 0.25) is 0 Å². The zero-order chi connectivity index (χ0) is 20.8. The molecule has 1 aliphatic carbocycles. The van der Waals surface area contributed by atoms with Crippen LogP contribution in [0.15, 0.2) is 82.0 Å². The van der Waals surface area contributed by atoms with Crippen molar-refractivity contribution in [3.8, 4) is 22.5 Å². The average molecular weight is 395 g/mol. The van der Waals surface area contributed by atoms with E-state index < -0.39 is 5.97 Å². The summed E-state index contributed by atoms with van der Waals surface area (Å²) in [6.45, 7) is 0. The van der Waals surface area contributed by atoms with Gasteiger partial charge in [0, 0.05) is 33.7 Å². The molecule has 5 nitrogen and oxygen atoms in total. The predicted octanol–water partition coefficient (Wildman–Crippen LogP) is 5.09. The van der Waals surface area contributed by atoms with Crippen molar-refractivity contribution in [3.05, 3.63) is 88.6 Å². The second-order valence-corrected chi connectivity index (χ2v) is 7.06. The van der Waals surface area contributed by atoms with Crippen molar-refractivity contribution in [1.29, 1.82) is 0 Å². The van der Waals surface area contributed by atoms with Crippen LogP contribution < -0.4 is 11.2 Å². The number of esters is 1. The molecule has 3 aromatic carbocycles. The number of nitrogens with two attached hydrogens (primary N) is 1. The maximum absolute atomic E-state index is 12.5. The Hall–Kier alpha value is -4.12. The fourth-order valence-corrected chi connectivity index (χ4v) is 4.00. The molecular weight excluding hydrogens is 378 g/mol. The van der Waals surface area contributed by atoms with E-state index in [4.69, 9.17) is 14.9 Å². The van der Waals surface area contributed by atoms with Crippen molar-refractivity contribution in [2.24, 2.45) is 0 Å². The maximum Gasteiger partial charge on any atom is 0.338 e. The largest absolute Gasteiger partial charge is 0.465 e. The lowest BCUT2D eigenvalue weighted by Gasteiger charge is -2.18. The van der Waals surface area contributed by atoms with Crippen LogP contribution in [-0.4, -0.2) is 13.1 Å². The van der Waals surface area contributed by atoms with E-state index in [-0.39, 0.29) is 5.43 Å². The van der Waals surface area contributed by atoms with Crippen LogP contribution in [-0.2, 0) is 4.74 Å². The third kappa shape index (κ3) is 2.63. The number of carbonyl (C=O) groups excluding carboxylic acids is 1. The van der Waals surface area contributed by atoms with E-state index >= 15 is 0 Å². The molecule has 0 radical (unpaired) electrons. The molecule has 0 atom stereocenters. The Balaban J connectivity index is 2.03. The van der Waals surface area contributed by atoms with E-state index in [1.54, 1.807) is 18.2 Å². The predicted molar refractivity (Wildman–Crippen MR) is 118 cm³/mol. The molecule has 5 rings (SSSR count). The summed E-state index contributed by atoms with van der Waals surface area (Å²) in [4.78, 5) is 24.5. The summed E-state index contributed by atoms with van der Waals surface area (Å²) < 4.78 is 11.2. The summed E-state index contributed by atoms with van der Waals surface area (Å²) in [5, 5.41) is 2.49. The van der Waals surface area contributed by atoms with E-state index in [2.05, 4.69) is 0 Å². The minimum Gasteiger partial charge on any atom is -0.465 e. The number of anilines is 1. The molecule has 2 N–H and O–H groups in total. The van der Waals surface area contributed by atoms with Gasteiger partial charge in [0.25, 0.3) is 0 Å². The Morgan fingerprint density at radius 3 is 2.60 bits per heavy atom. The monoisotopic (exact) mass is 395 g/mol. The topological polar surface area (TPSA) is 82.5 Å². The summed E-state index contributed by atoms with van der Waals surface area (Å²) in [6, 6.07) is 21.5. The minimum atomic E-state index is -0.437. The number of benzene rings is 4. The number of nitrogen functional groups attached to an aromatic ring is 1. The van der Waals surface area contributed by atoms with Gasteiger partial charge >= 0.3 is 5.97 Å². The molecule has 1 heterocycles. The highest BCUT2D eigenvalue weighted by Gasteiger charge is 2.23. The second-order valence-electron chi connectivity index (χ2n) is 7.06. The molecule has 0 spiro atoms. The van der Waals surface area contributed by atoms with E-state index in [0.717, 1.165) is 27.3 Å². The normalized spacial score (nSPS) is 11.2. The van der Waals surface area contributed by atoms with Gasteiger partial charge in [-0.25, -0.2) is 4.79 Å². The molecular formula is C25H17NO4. The molecule has 0 fully saturated rings. The van der Waals surface area contributed by atoms with Gasteiger partial charge in [-0.3, -0.25) is 4.79 Å². The van der Waals surface area contributed by atoms with Crippen molar-refractivity contribution < 1.29 is 13.9 Å². The van der Waals surface area contributed by atoms with Crippen LogP contribution in [0.3, 0.4) is 0 Å². The smallest absolute Gasteiger partial charge is 0.338 e. The van der Waals surface area contributed by atoms with E-state index in [0.29, 0.717) is 28.2 Å². The number of ether oxygens (including phenoxy) is 1. The minimum absolute atomic E-state index is 0.161. The summed E-state index contributed by atoms with van der Waals surface area (Å²) >= 11 is 0. The van der Waals surface area contributed by atoms with Crippen LogP contribution in [0.5, 0.6) is 0 Å². The molecule has 0 amide bonds. The molecule has 0 saturated carbocycles. The van der Waals surface area contributed by atoms with Gasteiger partial charge < -0.3 is 14.9 Å². The molecule has 3 aromatic rings. The lowest BCUT2D eigenvalue weighted by molar-refractivity contribution is 0.0601. The molecule has 2 aliphatic rings. The molecule has 0 aromatic heterocycles. The van der Waals surface area contributed by atoms with Crippen molar-refractivity contribution in [2.45, 2.75) is 0 Å². The Labute approximate surface area is 171 Å². The molecule has 0 bridgehead atoms. The van der Waals surface area contributed by atoms with Crippen molar-refractivity contribution >= 4 is 33.4 Å². The first-order valence-corrected chi connectivity index (χ1v) is 9.44. The highest BCUT2D eigenvalue weighted by atomic mass is 16.5. The van der Waals surface area contributed by atoms with Gasteiger partial charge in [0.1, 0.15) is 11.3 Å². The van der Waals surface area contributed by atoms with Crippen LogP contribution in [0.25, 0.3) is 44.2 Å². The first-order valence-electron chi connectivity index (χ1n) is 9.44. The Morgan fingerprint density at radius 2 is 1.77 bits per heavy atom. The van der Waals surface area contributed by atoms with E-state index in [1.807, 2.05) is 42.5 Å². The molecule has 146 valence electrons. The Morgan fingerprint density at radius 1 is 0.933 bits per heavy atom. The van der Waals surface area contributed by atoms with Crippen molar-refractivity contribution in [2.75, 3.05) is 12.8 Å². The van der Waals surface area contributed by atoms with Crippen molar-refractivity contribution in [3.63, 3.8) is 0 Å². The van der Waals surface area contributed by atoms with Crippen LogP contribution in [0, 0.1) is 0 Å². The van der Waals surface area contributed by atoms with Gasteiger partial charge in [-0.2, -0.15) is 0 Å². The first kappa shape index (κ1) is 17.9. The quantitative estimate of drug-likeness (QED) is 0.195. The number of methoxy groups -OCH3 is 1. The lowest BCUT2D eigenvalue weighted by Crippen LogP contribution is -2.05. The van der Waals surface area contributed by atoms with Crippen LogP contribution in [0.4, 0.5) is 5.69 Å². The summed E-state index contributed by atoms with van der Waals surface area (Å²) in [7, 11) is 1.35. The second kappa shape index (κ2) is 6.74. The van der Waals surface area contributed by atoms with E-state index in [1.165, 1.54) is 19.2 Å². The molecule has 30 heavy (non-hydrogen) atoms. The Bertz CT molecular complexity index is 1480. The van der Waals surface area contributed by atoms with E-state index in [9.17, 15) is 9.59 Å². The molecule has 0 saturated heterocycles. The van der Waals surface area contributed by atoms with Gasteiger partial charge in [-0.1, -0.05) is 36.4 Å².